The van der Waals surface area contributed by atoms with Gasteiger partial charge in [-0.05, 0) is 31.4 Å². The van der Waals surface area contributed by atoms with Gasteiger partial charge in [-0.15, -0.1) is 0 Å². The number of nitrogens with zero attached hydrogens (tertiary/aromatic N) is 3. The van der Waals surface area contributed by atoms with Crippen LogP contribution in [0.2, 0.25) is 0 Å². The van der Waals surface area contributed by atoms with Gasteiger partial charge in [0.15, 0.2) is 0 Å². The molecule has 0 atom stereocenters. The second-order valence-corrected chi connectivity index (χ2v) is 7.28. The van der Waals surface area contributed by atoms with Crippen molar-refractivity contribution in [3.05, 3.63) is 30.1 Å². The fraction of sp³-hybridized carbons (Fsp3) is 0.571. The Morgan fingerprint density at radius 3 is 2.64 bits per heavy atom. The van der Waals surface area contributed by atoms with E-state index in [0.29, 0.717) is 19.5 Å². The summed E-state index contributed by atoms with van der Waals surface area (Å²) in [6.07, 6.45) is 6.05. The van der Waals surface area contributed by atoms with Crippen LogP contribution in [0.3, 0.4) is 0 Å². The first-order valence-corrected chi connectivity index (χ1v) is 10.2. The van der Waals surface area contributed by atoms with E-state index < -0.39 is 0 Å². The summed E-state index contributed by atoms with van der Waals surface area (Å²) in [7, 11) is 1.50. The molecule has 0 bridgehead atoms. The highest BCUT2D eigenvalue weighted by atomic mass is 16.5. The second kappa shape index (κ2) is 10.2. The predicted molar refractivity (Wildman–Crippen MR) is 108 cm³/mol. The van der Waals surface area contributed by atoms with Crippen LogP contribution in [-0.4, -0.2) is 59.6 Å². The minimum atomic E-state index is -0.118. The van der Waals surface area contributed by atoms with Gasteiger partial charge in [0.05, 0.1) is 11.0 Å². The molecule has 28 heavy (non-hydrogen) atoms. The van der Waals surface area contributed by atoms with Crippen molar-refractivity contribution in [2.24, 2.45) is 0 Å². The minimum Gasteiger partial charge on any atom is -0.375 e. The molecule has 1 N–H and O–H groups in total. The molecule has 0 saturated carbocycles. The maximum Gasteiger partial charge on any atom is 0.245 e. The lowest BCUT2D eigenvalue weighted by atomic mass is 10.2. The van der Waals surface area contributed by atoms with Crippen molar-refractivity contribution in [3.8, 4) is 0 Å². The van der Waals surface area contributed by atoms with Gasteiger partial charge in [0.1, 0.15) is 19.0 Å². The highest BCUT2D eigenvalue weighted by Crippen LogP contribution is 2.18. The number of hydrogen-bond acceptors (Lipinski definition) is 4. The van der Waals surface area contributed by atoms with Gasteiger partial charge in [-0.3, -0.25) is 9.59 Å². The van der Waals surface area contributed by atoms with Crippen LogP contribution in [0.5, 0.6) is 0 Å². The summed E-state index contributed by atoms with van der Waals surface area (Å²) in [5, 5.41) is 2.83. The van der Waals surface area contributed by atoms with Crippen molar-refractivity contribution in [2.75, 3.05) is 33.4 Å². The Labute approximate surface area is 166 Å². The zero-order valence-electron chi connectivity index (χ0n) is 16.7. The lowest BCUT2D eigenvalue weighted by molar-refractivity contribution is -0.131. The third kappa shape index (κ3) is 5.32. The summed E-state index contributed by atoms with van der Waals surface area (Å²) in [5.41, 5.74) is 1.90. The molecule has 2 aromatic rings. The van der Waals surface area contributed by atoms with Crippen LogP contribution in [0, 0.1) is 0 Å². The molecule has 1 aliphatic heterocycles. The van der Waals surface area contributed by atoms with E-state index in [-0.39, 0.29) is 18.4 Å². The molecule has 2 heterocycles. The number of ether oxygens (including phenoxy) is 1. The van der Waals surface area contributed by atoms with Crippen LogP contribution in [-0.2, 0) is 27.3 Å². The van der Waals surface area contributed by atoms with E-state index in [4.69, 9.17) is 9.72 Å². The van der Waals surface area contributed by atoms with Crippen LogP contribution in [0.4, 0.5) is 0 Å². The maximum absolute atomic E-state index is 12.9. The lowest BCUT2D eigenvalue weighted by Gasteiger charge is -2.21. The van der Waals surface area contributed by atoms with E-state index in [0.717, 1.165) is 49.2 Å². The largest absolute Gasteiger partial charge is 0.375 e. The molecule has 7 nitrogen and oxygen atoms in total. The molecular formula is C21H30N4O3. The number of para-hydroxylation sites is 2. The normalized spacial score (nSPS) is 14.8. The van der Waals surface area contributed by atoms with Gasteiger partial charge in [0.2, 0.25) is 11.8 Å². The summed E-state index contributed by atoms with van der Waals surface area (Å²) in [5.74, 6) is 0.942. The molecule has 0 spiro atoms. The number of carbonyl (C=O) groups excluding carboxylic acids is 2. The molecule has 0 aliphatic carbocycles. The molecule has 1 saturated heterocycles. The molecule has 0 radical (unpaired) electrons. The quantitative estimate of drug-likeness (QED) is 0.705. The summed E-state index contributed by atoms with van der Waals surface area (Å²) < 4.78 is 6.86. The first-order chi connectivity index (χ1) is 13.7. The van der Waals surface area contributed by atoms with E-state index in [2.05, 4.69) is 5.32 Å². The molecule has 0 unspecified atom stereocenters. The van der Waals surface area contributed by atoms with Crippen LogP contribution < -0.4 is 5.32 Å². The SMILES string of the molecule is COCC(=O)NCCCc1nc2ccccc2n1CC(=O)N1CCCCCC1. The van der Waals surface area contributed by atoms with Gasteiger partial charge in [0, 0.05) is 33.2 Å². The number of nitrogens with one attached hydrogen (secondary N) is 1. The van der Waals surface area contributed by atoms with E-state index in [9.17, 15) is 9.59 Å². The lowest BCUT2D eigenvalue weighted by Crippen LogP contribution is -2.35. The number of hydrogen-bond donors (Lipinski definition) is 1. The number of aryl methyl sites for hydroxylation is 1. The number of methoxy groups -OCH3 is 1. The Morgan fingerprint density at radius 1 is 1.14 bits per heavy atom. The van der Waals surface area contributed by atoms with Crippen LogP contribution in [0.25, 0.3) is 11.0 Å². The number of rotatable bonds is 8. The van der Waals surface area contributed by atoms with E-state index >= 15 is 0 Å². The van der Waals surface area contributed by atoms with E-state index in [1.165, 1.54) is 20.0 Å². The van der Waals surface area contributed by atoms with Crippen LogP contribution in [0.1, 0.15) is 37.9 Å². The minimum absolute atomic E-state index is 0.0723. The van der Waals surface area contributed by atoms with Gasteiger partial charge in [-0.1, -0.05) is 25.0 Å². The Bertz CT molecular complexity index is 794. The third-order valence-corrected chi connectivity index (χ3v) is 5.16. The van der Waals surface area contributed by atoms with E-state index in [1.807, 2.05) is 33.7 Å². The molecule has 2 amide bonds. The van der Waals surface area contributed by atoms with Gasteiger partial charge in [0.25, 0.3) is 0 Å². The first kappa shape index (κ1) is 20.3. The number of aromatic nitrogens is 2. The molecule has 7 heteroatoms. The molecule has 3 rings (SSSR count). The van der Waals surface area contributed by atoms with Gasteiger partial charge < -0.3 is 19.5 Å². The van der Waals surface area contributed by atoms with E-state index in [1.54, 1.807) is 0 Å². The van der Waals surface area contributed by atoms with Crippen molar-refractivity contribution in [3.63, 3.8) is 0 Å². The average molecular weight is 386 g/mol. The van der Waals surface area contributed by atoms with Gasteiger partial charge in [-0.2, -0.15) is 0 Å². The van der Waals surface area contributed by atoms with Gasteiger partial charge in [-0.25, -0.2) is 4.98 Å². The summed E-state index contributed by atoms with van der Waals surface area (Å²) >= 11 is 0. The van der Waals surface area contributed by atoms with Crippen molar-refractivity contribution < 1.29 is 14.3 Å². The topological polar surface area (TPSA) is 76.5 Å². The fourth-order valence-electron chi connectivity index (χ4n) is 3.70. The third-order valence-electron chi connectivity index (χ3n) is 5.16. The smallest absolute Gasteiger partial charge is 0.245 e. The number of amides is 2. The second-order valence-electron chi connectivity index (χ2n) is 7.28. The molecule has 1 aromatic heterocycles. The Kier molecular flexibility index (Phi) is 7.42. The highest BCUT2D eigenvalue weighted by molar-refractivity contribution is 5.81. The summed E-state index contributed by atoms with van der Waals surface area (Å²) in [6, 6.07) is 7.94. The summed E-state index contributed by atoms with van der Waals surface area (Å²) in [6.45, 7) is 2.67. The summed E-state index contributed by atoms with van der Waals surface area (Å²) in [4.78, 5) is 31.1. The number of likely N-dealkylation sites (tertiary alicyclic amines) is 1. The molecule has 152 valence electrons. The Hall–Kier alpha value is -2.41. The van der Waals surface area contributed by atoms with Crippen molar-refractivity contribution in [1.82, 2.24) is 19.8 Å². The van der Waals surface area contributed by atoms with Crippen molar-refractivity contribution >= 4 is 22.8 Å². The Balaban J connectivity index is 1.68. The number of imidazole rings is 1. The van der Waals surface area contributed by atoms with Crippen molar-refractivity contribution in [1.29, 1.82) is 0 Å². The average Bonchev–Trinajstić information content (AvgIpc) is 2.86. The zero-order chi connectivity index (χ0) is 19.8. The van der Waals surface area contributed by atoms with Gasteiger partial charge >= 0.3 is 0 Å². The highest BCUT2D eigenvalue weighted by Gasteiger charge is 2.19. The molecule has 1 aromatic carbocycles. The number of benzene rings is 1. The standard InChI is InChI=1S/C21H30N4O3/c1-28-16-20(26)22-12-8-11-19-23-17-9-4-5-10-18(17)25(19)15-21(27)24-13-6-2-3-7-14-24/h4-5,9-10H,2-3,6-8,11-16H2,1H3,(H,22,26). The van der Waals surface area contributed by atoms with Crippen LogP contribution in [0.15, 0.2) is 24.3 Å². The van der Waals surface area contributed by atoms with Crippen molar-refractivity contribution in [2.45, 2.75) is 45.1 Å². The maximum atomic E-state index is 12.9. The van der Waals surface area contributed by atoms with Crippen LogP contribution >= 0.6 is 0 Å². The molecular weight excluding hydrogens is 356 g/mol. The number of carbonyl (C=O) groups is 2. The monoisotopic (exact) mass is 386 g/mol. The molecule has 1 fully saturated rings. The fourth-order valence-corrected chi connectivity index (χ4v) is 3.70. The predicted octanol–water partition coefficient (Wildman–Crippen LogP) is 2.13. The number of fused-ring (bicyclic) bond motifs is 1. The molecule has 1 aliphatic rings. The zero-order valence-corrected chi connectivity index (χ0v) is 16.7. The Morgan fingerprint density at radius 2 is 1.89 bits per heavy atom. The first-order valence-electron chi connectivity index (χ1n) is 10.2.